The third-order valence-electron chi connectivity index (χ3n) is 3.79. The van der Waals surface area contributed by atoms with Crippen molar-refractivity contribution in [1.82, 2.24) is 10.2 Å². The zero-order chi connectivity index (χ0) is 11.5. The Balaban J connectivity index is 1.92. The molecule has 0 aromatic carbocycles. The summed E-state index contributed by atoms with van der Waals surface area (Å²) in [7, 11) is 1.91. The number of likely N-dealkylation sites (N-methyl/N-ethyl adjacent to an activating group) is 1. The standard InChI is InChI=1S/C12H22N2O2/c1-9-11(6-8-16-9)14(2)12(15)10-5-3-4-7-13-10/h9-11,13H,3-8H2,1-2H3/t9?,10-,11?/m1/s1. The van der Waals surface area contributed by atoms with Crippen LogP contribution in [0.3, 0.4) is 0 Å². The van der Waals surface area contributed by atoms with Crippen molar-refractivity contribution in [2.24, 2.45) is 0 Å². The van der Waals surface area contributed by atoms with E-state index in [1.54, 1.807) is 0 Å². The van der Waals surface area contributed by atoms with E-state index in [1.807, 2.05) is 11.9 Å². The summed E-state index contributed by atoms with van der Waals surface area (Å²) in [6, 6.07) is 0.294. The minimum absolute atomic E-state index is 0.0338. The van der Waals surface area contributed by atoms with E-state index in [2.05, 4.69) is 12.2 Å². The number of nitrogens with zero attached hydrogens (tertiary/aromatic N) is 1. The molecule has 2 fully saturated rings. The molecule has 4 heteroatoms. The van der Waals surface area contributed by atoms with Crippen LogP contribution in [0.1, 0.15) is 32.6 Å². The molecule has 0 aromatic rings. The van der Waals surface area contributed by atoms with Crippen LogP contribution in [-0.2, 0) is 9.53 Å². The fourth-order valence-corrected chi connectivity index (χ4v) is 2.70. The predicted molar refractivity (Wildman–Crippen MR) is 62.2 cm³/mol. The van der Waals surface area contributed by atoms with Crippen molar-refractivity contribution in [3.05, 3.63) is 0 Å². The Bertz CT molecular complexity index is 251. The van der Waals surface area contributed by atoms with Crippen LogP contribution in [0.4, 0.5) is 0 Å². The Morgan fingerprint density at radius 2 is 2.19 bits per heavy atom. The van der Waals surface area contributed by atoms with Gasteiger partial charge in [-0.2, -0.15) is 0 Å². The lowest BCUT2D eigenvalue weighted by molar-refractivity contribution is -0.135. The Morgan fingerprint density at radius 3 is 2.75 bits per heavy atom. The third-order valence-corrected chi connectivity index (χ3v) is 3.79. The van der Waals surface area contributed by atoms with Gasteiger partial charge in [-0.05, 0) is 32.7 Å². The Labute approximate surface area is 97.3 Å². The molecule has 3 atom stereocenters. The molecule has 2 aliphatic rings. The van der Waals surface area contributed by atoms with Crippen molar-refractivity contribution in [3.8, 4) is 0 Å². The summed E-state index contributed by atoms with van der Waals surface area (Å²) in [5.74, 6) is 0.238. The number of piperidine rings is 1. The van der Waals surface area contributed by atoms with Crippen LogP contribution >= 0.6 is 0 Å². The van der Waals surface area contributed by atoms with Gasteiger partial charge in [0.25, 0.3) is 0 Å². The fourth-order valence-electron chi connectivity index (χ4n) is 2.70. The average molecular weight is 226 g/mol. The molecule has 1 N–H and O–H groups in total. The van der Waals surface area contributed by atoms with Gasteiger partial charge in [0.2, 0.25) is 5.91 Å². The lowest BCUT2D eigenvalue weighted by Crippen LogP contribution is -2.51. The Hall–Kier alpha value is -0.610. The number of nitrogens with one attached hydrogen (secondary N) is 1. The molecule has 0 aliphatic carbocycles. The van der Waals surface area contributed by atoms with Crippen LogP contribution < -0.4 is 5.32 Å². The molecule has 0 aromatic heterocycles. The molecule has 2 saturated heterocycles. The Kier molecular flexibility index (Phi) is 3.82. The van der Waals surface area contributed by atoms with Crippen molar-refractivity contribution in [2.45, 2.75) is 50.8 Å². The topological polar surface area (TPSA) is 41.6 Å². The van der Waals surface area contributed by atoms with Crippen LogP contribution in [0, 0.1) is 0 Å². The summed E-state index contributed by atoms with van der Waals surface area (Å²) in [6.07, 6.45) is 4.48. The number of rotatable bonds is 2. The second-order valence-corrected chi connectivity index (χ2v) is 4.88. The van der Waals surface area contributed by atoms with Crippen molar-refractivity contribution in [1.29, 1.82) is 0 Å². The second-order valence-electron chi connectivity index (χ2n) is 4.88. The number of amides is 1. The number of carbonyl (C=O) groups excluding carboxylic acids is 1. The highest BCUT2D eigenvalue weighted by Gasteiger charge is 2.33. The Morgan fingerprint density at radius 1 is 1.38 bits per heavy atom. The zero-order valence-electron chi connectivity index (χ0n) is 10.2. The predicted octanol–water partition coefficient (Wildman–Crippen LogP) is 0.764. The normalized spacial score (nSPS) is 35.0. The summed E-state index contributed by atoms with van der Waals surface area (Å²) in [6.45, 7) is 3.80. The van der Waals surface area contributed by atoms with Gasteiger partial charge in [-0.25, -0.2) is 0 Å². The molecular weight excluding hydrogens is 204 g/mol. The fraction of sp³-hybridized carbons (Fsp3) is 0.917. The van der Waals surface area contributed by atoms with E-state index in [0.717, 1.165) is 32.4 Å². The van der Waals surface area contributed by atoms with Gasteiger partial charge >= 0.3 is 0 Å². The molecule has 2 aliphatic heterocycles. The van der Waals surface area contributed by atoms with E-state index in [9.17, 15) is 4.79 Å². The molecule has 0 bridgehead atoms. The molecular formula is C12H22N2O2. The number of carbonyl (C=O) groups is 1. The van der Waals surface area contributed by atoms with Crippen LogP contribution in [0.2, 0.25) is 0 Å². The van der Waals surface area contributed by atoms with Crippen LogP contribution in [0.25, 0.3) is 0 Å². The zero-order valence-corrected chi connectivity index (χ0v) is 10.2. The van der Waals surface area contributed by atoms with E-state index in [1.165, 1.54) is 6.42 Å². The van der Waals surface area contributed by atoms with Gasteiger partial charge in [0.05, 0.1) is 18.2 Å². The number of hydrogen-bond donors (Lipinski definition) is 1. The van der Waals surface area contributed by atoms with Crippen molar-refractivity contribution >= 4 is 5.91 Å². The largest absolute Gasteiger partial charge is 0.376 e. The first-order valence-electron chi connectivity index (χ1n) is 6.32. The van der Waals surface area contributed by atoms with E-state index < -0.39 is 0 Å². The maximum Gasteiger partial charge on any atom is 0.239 e. The molecule has 2 unspecified atom stereocenters. The monoisotopic (exact) mass is 226 g/mol. The maximum atomic E-state index is 12.2. The highest BCUT2D eigenvalue weighted by Crippen LogP contribution is 2.20. The van der Waals surface area contributed by atoms with E-state index >= 15 is 0 Å². The van der Waals surface area contributed by atoms with Gasteiger partial charge in [0.1, 0.15) is 0 Å². The van der Waals surface area contributed by atoms with Gasteiger partial charge < -0.3 is 15.0 Å². The lowest BCUT2D eigenvalue weighted by atomic mass is 10.0. The number of hydrogen-bond acceptors (Lipinski definition) is 3. The lowest BCUT2D eigenvalue weighted by Gasteiger charge is -2.32. The first-order valence-corrected chi connectivity index (χ1v) is 6.32. The van der Waals surface area contributed by atoms with Crippen LogP contribution in [0.15, 0.2) is 0 Å². The molecule has 1 amide bonds. The first-order chi connectivity index (χ1) is 7.70. The summed E-state index contributed by atoms with van der Waals surface area (Å²) >= 11 is 0. The van der Waals surface area contributed by atoms with Gasteiger partial charge in [0.15, 0.2) is 0 Å². The molecule has 16 heavy (non-hydrogen) atoms. The first kappa shape index (κ1) is 11.9. The minimum atomic E-state index is 0.0338. The van der Waals surface area contributed by atoms with Gasteiger partial charge in [-0.1, -0.05) is 6.42 Å². The van der Waals surface area contributed by atoms with Crippen molar-refractivity contribution < 1.29 is 9.53 Å². The van der Waals surface area contributed by atoms with E-state index in [0.29, 0.717) is 0 Å². The number of ether oxygens (including phenoxy) is 1. The minimum Gasteiger partial charge on any atom is -0.376 e. The van der Waals surface area contributed by atoms with Gasteiger partial charge in [-0.15, -0.1) is 0 Å². The quantitative estimate of drug-likeness (QED) is 0.756. The van der Waals surface area contributed by atoms with E-state index in [4.69, 9.17) is 4.74 Å². The van der Waals surface area contributed by atoms with Crippen molar-refractivity contribution in [3.63, 3.8) is 0 Å². The molecule has 92 valence electrons. The summed E-state index contributed by atoms with van der Waals surface area (Å²) < 4.78 is 5.51. The van der Waals surface area contributed by atoms with Crippen molar-refractivity contribution in [2.75, 3.05) is 20.2 Å². The molecule has 0 saturated carbocycles. The molecule has 0 radical (unpaired) electrons. The van der Waals surface area contributed by atoms with Crippen LogP contribution in [0.5, 0.6) is 0 Å². The second kappa shape index (κ2) is 5.15. The SMILES string of the molecule is CC1OCCC1N(C)C(=O)[C@H]1CCCCN1. The maximum absolute atomic E-state index is 12.2. The highest BCUT2D eigenvalue weighted by atomic mass is 16.5. The highest BCUT2D eigenvalue weighted by molar-refractivity contribution is 5.82. The third kappa shape index (κ3) is 2.38. The molecule has 2 rings (SSSR count). The molecule has 4 nitrogen and oxygen atoms in total. The molecule has 0 spiro atoms. The van der Waals surface area contributed by atoms with Gasteiger partial charge in [0, 0.05) is 13.7 Å². The summed E-state index contributed by atoms with van der Waals surface area (Å²) in [4.78, 5) is 14.1. The smallest absolute Gasteiger partial charge is 0.239 e. The molecule has 2 heterocycles. The average Bonchev–Trinajstić information content (AvgIpc) is 2.75. The summed E-state index contributed by atoms with van der Waals surface area (Å²) in [5, 5.41) is 3.31. The van der Waals surface area contributed by atoms with Gasteiger partial charge in [-0.3, -0.25) is 4.79 Å². The summed E-state index contributed by atoms with van der Waals surface area (Å²) in [5.41, 5.74) is 0. The van der Waals surface area contributed by atoms with Crippen LogP contribution in [-0.4, -0.2) is 49.2 Å². The van der Waals surface area contributed by atoms with E-state index in [-0.39, 0.29) is 24.1 Å².